The average molecular weight is 287 g/mol. The van der Waals surface area contributed by atoms with Crippen molar-refractivity contribution < 1.29 is 27.8 Å². The third kappa shape index (κ3) is 4.93. The molecule has 0 aromatic heterocycles. The van der Waals surface area contributed by atoms with E-state index in [1.165, 1.54) is 14.0 Å². The molecule has 1 atom stereocenters. The van der Waals surface area contributed by atoms with Gasteiger partial charge in [-0.2, -0.15) is 0 Å². The second-order valence-electron chi connectivity index (χ2n) is 3.99. The smallest absolute Gasteiger partial charge is 0.339 e. The fourth-order valence-corrected chi connectivity index (χ4v) is 1.37. The molecule has 7 heteroatoms. The number of esters is 1. The molecule has 0 radical (unpaired) electrons. The summed E-state index contributed by atoms with van der Waals surface area (Å²) in [5.41, 5.74) is -0.293. The van der Waals surface area contributed by atoms with E-state index in [0.717, 1.165) is 12.1 Å². The largest absolute Gasteiger partial charge is 0.449 e. The molecule has 1 N–H and O–H groups in total. The van der Waals surface area contributed by atoms with Crippen LogP contribution >= 0.6 is 0 Å². The summed E-state index contributed by atoms with van der Waals surface area (Å²) in [6, 6.07) is 2.31. The van der Waals surface area contributed by atoms with Crippen molar-refractivity contribution in [3.05, 3.63) is 35.4 Å². The zero-order chi connectivity index (χ0) is 15.1. The Morgan fingerprint density at radius 3 is 2.40 bits per heavy atom. The number of benzene rings is 1. The van der Waals surface area contributed by atoms with Gasteiger partial charge in [0.25, 0.3) is 5.91 Å². The monoisotopic (exact) mass is 287 g/mol. The first kappa shape index (κ1) is 16.0. The minimum absolute atomic E-state index is 0.270. The Morgan fingerprint density at radius 2 is 1.85 bits per heavy atom. The Kier molecular flexibility index (Phi) is 6.05. The highest BCUT2D eigenvalue weighted by molar-refractivity contribution is 5.92. The number of nitrogens with one attached hydrogen (secondary N) is 1. The van der Waals surface area contributed by atoms with Gasteiger partial charge in [-0.1, -0.05) is 0 Å². The molecule has 1 amide bonds. The molecule has 0 bridgehead atoms. The lowest BCUT2D eigenvalue weighted by atomic mass is 10.2. The van der Waals surface area contributed by atoms with E-state index >= 15 is 0 Å². The summed E-state index contributed by atoms with van der Waals surface area (Å²) < 4.78 is 35.5. The van der Waals surface area contributed by atoms with Gasteiger partial charge in [-0.25, -0.2) is 13.6 Å². The first-order valence-corrected chi connectivity index (χ1v) is 5.87. The van der Waals surface area contributed by atoms with Gasteiger partial charge in [0.05, 0.1) is 12.2 Å². The van der Waals surface area contributed by atoms with Gasteiger partial charge >= 0.3 is 5.97 Å². The van der Waals surface area contributed by atoms with Crippen molar-refractivity contribution in [3.63, 3.8) is 0 Å². The summed E-state index contributed by atoms with van der Waals surface area (Å²) in [6.07, 6.45) is -1.08. The average Bonchev–Trinajstić information content (AvgIpc) is 2.37. The van der Waals surface area contributed by atoms with Crippen molar-refractivity contribution >= 4 is 11.9 Å². The van der Waals surface area contributed by atoms with E-state index in [-0.39, 0.29) is 12.1 Å². The molecule has 0 heterocycles. The lowest BCUT2D eigenvalue weighted by molar-refractivity contribution is -0.129. The molecule has 1 rings (SSSR count). The minimum Gasteiger partial charge on any atom is -0.449 e. The third-order valence-electron chi connectivity index (χ3n) is 2.36. The molecule has 0 saturated carbocycles. The van der Waals surface area contributed by atoms with Gasteiger partial charge in [0.15, 0.2) is 6.10 Å². The van der Waals surface area contributed by atoms with Crippen molar-refractivity contribution in [3.8, 4) is 0 Å². The second-order valence-corrected chi connectivity index (χ2v) is 3.99. The first-order valence-electron chi connectivity index (χ1n) is 5.87. The molecule has 5 nitrogen and oxygen atoms in total. The van der Waals surface area contributed by atoms with Gasteiger partial charge in [0, 0.05) is 19.7 Å². The van der Waals surface area contributed by atoms with Crippen molar-refractivity contribution in [2.24, 2.45) is 0 Å². The number of amides is 1. The Bertz CT molecular complexity index is 473. The fourth-order valence-electron chi connectivity index (χ4n) is 1.37. The van der Waals surface area contributed by atoms with Crippen LogP contribution in [0.15, 0.2) is 18.2 Å². The van der Waals surface area contributed by atoms with Crippen LogP contribution in [-0.4, -0.2) is 38.2 Å². The Balaban J connectivity index is 2.58. The molecule has 110 valence electrons. The van der Waals surface area contributed by atoms with Crippen LogP contribution in [0, 0.1) is 11.6 Å². The third-order valence-corrected chi connectivity index (χ3v) is 2.36. The van der Waals surface area contributed by atoms with Crippen LogP contribution in [0.1, 0.15) is 17.3 Å². The number of carbonyl (C=O) groups is 2. The number of rotatable bonds is 6. The van der Waals surface area contributed by atoms with E-state index in [2.05, 4.69) is 5.32 Å². The summed E-state index contributed by atoms with van der Waals surface area (Å²) in [6.45, 7) is 1.95. The highest BCUT2D eigenvalue weighted by Gasteiger charge is 2.19. The molecule has 0 spiro atoms. The van der Waals surface area contributed by atoms with Crippen molar-refractivity contribution in [1.29, 1.82) is 0 Å². The predicted molar refractivity (Wildman–Crippen MR) is 66.1 cm³/mol. The fraction of sp³-hybridized carbons (Fsp3) is 0.385. The van der Waals surface area contributed by atoms with Crippen molar-refractivity contribution in [2.75, 3.05) is 20.3 Å². The number of hydrogen-bond acceptors (Lipinski definition) is 4. The van der Waals surface area contributed by atoms with E-state index in [1.54, 1.807) is 0 Å². The summed E-state index contributed by atoms with van der Waals surface area (Å²) >= 11 is 0. The minimum atomic E-state index is -1.08. The zero-order valence-electron chi connectivity index (χ0n) is 11.1. The first-order chi connectivity index (χ1) is 9.43. The van der Waals surface area contributed by atoms with Gasteiger partial charge in [0.2, 0.25) is 0 Å². The van der Waals surface area contributed by atoms with E-state index in [9.17, 15) is 18.4 Å². The molecular formula is C13H15F2NO4. The summed E-state index contributed by atoms with van der Waals surface area (Å²) in [5, 5.41) is 2.47. The summed E-state index contributed by atoms with van der Waals surface area (Å²) in [5.74, 6) is -3.28. The molecule has 0 fully saturated rings. The molecule has 1 aromatic rings. The highest BCUT2D eigenvalue weighted by Crippen LogP contribution is 2.10. The number of halogens is 2. The molecule has 0 saturated heterocycles. The van der Waals surface area contributed by atoms with Crippen molar-refractivity contribution in [1.82, 2.24) is 5.32 Å². The van der Waals surface area contributed by atoms with Gasteiger partial charge in [0.1, 0.15) is 11.6 Å². The Hall–Kier alpha value is -2.02. The number of carbonyl (C=O) groups excluding carboxylic acids is 2. The van der Waals surface area contributed by atoms with Crippen LogP contribution in [-0.2, 0) is 14.3 Å². The summed E-state index contributed by atoms with van der Waals surface area (Å²) in [4.78, 5) is 23.2. The lowest BCUT2D eigenvalue weighted by Crippen LogP contribution is -2.37. The SMILES string of the molecule is COCCNC(=O)[C@H](C)OC(=O)c1cc(F)cc(F)c1. The maximum absolute atomic E-state index is 12.9. The summed E-state index contributed by atoms with van der Waals surface area (Å²) in [7, 11) is 1.48. The maximum atomic E-state index is 12.9. The van der Waals surface area contributed by atoms with E-state index < -0.39 is 29.6 Å². The molecule has 0 unspecified atom stereocenters. The van der Waals surface area contributed by atoms with Crippen LogP contribution in [0.4, 0.5) is 8.78 Å². The van der Waals surface area contributed by atoms with Crippen LogP contribution in [0.25, 0.3) is 0 Å². The van der Waals surface area contributed by atoms with E-state index in [0.29, 0.717) is 12.7 Å². The van der Waals surface area contributed by atoms with Gasteiger partial charge in [-0.3, -0.25) is 4.79 Å². The number of methoxy groups -OCH3 is 1. The predicted octanol–water partition coefficient (Wildman–Crippen LogP) is 1.27. The topological polar surface area (TPSA) is 64.6 Å². The van der Waals surface area contributed by atoms with E-state index in [4.69, 9.17) is 9.47 Å². The van der Waals surface area contributed by atoms with Crippen LogP contribution in [0.3, 0.4) is 0 Å². The quantitative estimate of drug-likeness (QED) is 0.632. The molecule has 0 aliphatic rings. The molecule has 1 aromatic carbocycles. The van der Waals surface area contributed by atoms with E-state index in [1.807, 2.05) is 0 Å². The van der Waals surface area contributed by atoms with Crippen LogP contribution < -0.4 is 5.32 Å². The van der Waals surface area contributed by atoms with Gasteiger partial charge in [-0.15, -0.1) is 0 Å². The lowest BCUT2D eigenvalue weighted by Gasteiger charge is -2.13. The molecule has 0 aliphatic heterocycles. The molecular weight excluding hydrogens is 272 g/mol. The standard InChI is InChI=1S/C13H15F2NO4/c1-8(12(17)16-3-4-19-2)20-13(18)9-5-10(14)7-11(15)6-9/h5-8H,3-4H2,1-2H3,(H,16,17)/t8-/m0/s1. The highest BCUT2D eigenvalue weighted by atomic mass is 19.1. The Labute approximate surface area is 114 Å². The number of hydrogen-bond donors (Lipinski definition) is 1. The maximum Gasteiger partial charge on any atom is 0.339 e. The number of ether oxygens (including phenoxy) is 2. The van der Waals surface area contributed by atoms with Crippen molar-refractivity contribution in [2.45, 2.75) is 13.0 Å². The van der Waals surface area contributed by atoms with Gasteiger partial charge < -0.3 is 14.8 Å². The normalized spacial score (nSPS) is 11.8. The Morgan fingerprint density at radius 1 is 1.25 bits per heavy atom. The van der Waals surface area contributed by atoms with Crippen LogP contribution in [0.2, 0.25) is 0 Å². The zero-order valence-corrected chi connectivity index (χ0v) is 11.1. The van der Waals surface area contributed by atoms with Gasteiger partial charge in [-0.05, 0) is 19.1 Å². The molecule has 20 heavy (non-hydrogen) atoms. The second kappa shape index (κ2) is 7.54. The molecule has 0 aliphatic carbocycles. The van der Waals surface area contributed by atoms with Crippen LogP contribution in [0.5, 0.6) is 0 Å².